The minimum absolute atomic E-state index is 0.155. The normalized spacial score (nSPS) is 10.9. The van der Waals surface area contributed by atoms with E-state index in [4.69, 9.17) is 4.74 Å². The van der Waals surface area contributed by atoms with Gasteiger partial charge in [-0.05, 0) is 38.8 Å². The van der Waals surface area contributed by atoms with E-state index in [1.165, 1.54) is 5.56 Å². The summed E-state index contributed by atoms with van der Waals surface area (Å²) in [6, 6.07) is 4.31. The number of esters is 1. The quantitative estimate of drug-likeness (QED) is 0.693. The third-order valence-electron chi connectivity index (χ3n) is 2.78. The smallest absolute Gasteiger partial charge is 0.320 e. The number of aromatic nitrogens is 1. The third kappa shape index (κ3) is 5.27. The fourth-order valence-corrected chi connectivity index (χ4v) is 1.71. The zero-order valence-electron chi connectivity index (χ0n) is 11.4. The second kappa shape index (κ2) is 7.82. The van der Waals surface area contributed by atoms with E-state index in [-0.39, 0.29) is 5.97 Å². The monoisotopic (exact) mass is 250 g/mol. The Labute approximate surface area is 109 Å². The van der Waals surface area contributed by atoms with E-state index in [0.717, 1.165) is 13.0 Å². The molecule has 0 spiro atoms. The lowest BCUT2D eigenvalue weighted by Crippen LogP contribution is -2.37. The van der Waals surface area contributed by atoms with E-state index in [0.29, 0.717) is 19.2 Å². The van der Waals surface area contributed by atoms with Crippen molar-refractivity contribution in [2.24, 2.45) is 0 Å². The van der Waals surface area contributed by atoms with E-state index >= 15 is 0 Å². The Kier molecular flexibility index (Phi) is 6.36. The molecule has 4 heteroatoms. The van der Waals surface area contributed by atoms with Crippen LogP contribution in [0, 0.1) is 0 Å². The van der Waals surface area contributed by atoms with Crippen LogP contribution in [0.1, 0.15) is 26.3 Å². The highest BCUT2D eigenvalue weighted by Gasteiger charge is 2.14. The maximum Gasteiger partial charge on any atom is 0.320 e. The number of hydrogen-bond acceptors (Lipinski definition) is 4. The Morgan fingerprint density at radius 1 is 1.50 bits per heavy atom. The Hall–Kier alpha value is -1.42. The summed E-state index contributed by atoms with van der Waals surface area (Å²) >= 11 is 0. The predicted molar refractivity (Wildman–Crippen MR) is 71.3 cm³/mol. The van der Waals surface area contributed by atoms with Gasteiger partial charge in [-0.3, -0.25) is 14.7 Å². The van der Waals surface area contributed by atoms with Crippen molar-refractivity contribution in [3.63, 3.8) is 0 Å². The average Bonchev–Trinajstić information content (AvgIpc) is 2.35. The summed E-state index contributed by atoms with van der Waals surface area (Å²) in [4.78, 5) is 17.7. The number of carbonyl (C=O) groups is 1. The molecule has 0 fully saturated rings. The van der Waals surface area contributed by atoms with E-state index < -0.39 is 0 Å². The molecule has 1 aromatic heterocycles. The van der Waals surface area contributed by atoms with Crippen molar-refractivity contribution in [1.82, 2.24) is 9.88 Å². The summed E-state index contributed by atoms with van der Waals surface area (Å²) in [7, 11) is 0. The Balaban J connectivity index is 2.46. The number of nitrogens with zero attached hydrogens (tertiary/aromatic N) is 2. The maximum atomic E-state index is 11.5. The average molecular weight is 250 g/mol. The summed E-state index contributed by atoms with van der Waals surface area (Å²) in [6.07, 6.45) is 4.52. The van der Waals surface area contributed by atoms with Crippen molar-refractivity contribution in [3.05, 3.63) is 30.1 Å². The summed E-state index contributed by atoms with van der Waals surface area (Å²) in [5, 5.41) is 0. The molecule has 0 atom stereocenters. The Morgan fingerprint density at radius 3 is 2.83 bits per heavy atom. The lowest BCUT2D eigenvalue weighted by Gasteiger charge is -2.25. The molecule has 0 unspecified atom stereocenters. The van der Waals surface area contributed by atoms with Gasteiger partial charge < -0.3 is 4.74 Å². The van der Waals surface area contributed by atoms with Crippen molar-refractivity contribution in [3.8, 4) is 0 Å². The molecule has 1 rings (SSSR count). The molecule has 0 saturated carbocycles. The predicted octanol–water partition coefficient (Wildman–Crippen LogP) is 1.90. The van der Waals surface area contributed by atoms with E-state index in [1.807, 2.05) is 19.2 Å². The van der Waals surface area contributed by atoms with Gasteiger partial charge in [0.1, 0.15) is 0 Å². The molecule has 1 heterocycles. The van der Waals surface area contributed by atoms with Gasteiger partial charge in [-0.15, -0.1) is 0 Å². The van der Waals surface area contributed by atoms with Crippen LogP contribution in [0.5, 0.6) is 0 Å². The van der Waals surface area contributed by atoms with Gasteiger partial charge in [0.15, 0.2) is 0 Å². The van der Waals surface area contributed by atoms with E-state index in [2.05, 4.69) is 29.8 Å². The molecule has 0 aliphatic rings. The molecule has 1 aromatic rings. The SMILES string of the molecule is CCOC(=O)CN(CCc1cccnc1)C(C)C. The Bertz CT molecular complexity index is 352. The van der Waals surface area contributed by atoms with Crippen LogP contribution in [-0.2, 0) is 16.0 Å². The first kappa shape index (κ1) is 14.6. The molecule has 18 heavy (non-hydrogen) atoms. The highest BCUT2D eigenvalue weighted by molar-refractivity contribution is 5.71. The first-order chi connectivity index (χ1) is 8.63. The summed E-state index contributed by atoms with van der Waals surface area (Å²) in [5.41, 5.74) is 1.19. The summed E-state index contributed by atoms with van der Waals surface area (Å²) in [6.45, 7) is 7.62. The molecular formula is C14H22N2O2. The lowest BCUT2D eigenvalue weighted by molar-refractivity contribution is -0.144. The molecule has 0 aliphatic heterocycles. The second-order valence-corrected chi connectivity index (χ2v) is 4.48. The zero-order chi connectivity index (χ0) is 13.4. The first-order valence-electron chi connectivity index (χ1n) is 6.42. The maximum absolute atomic E-state index is 11.5. The zero-order valence-corrected chi connectivity index (χ0v) is 11.4. The first-order valence-corrected chi connectivity index (χ1v) is 6.42. The largest absolute Gasteiger partial charge is 0.465 e. The van der Waals surface area contributed by atoms with Crippen LogP contribution in [0.25, 0.3) is 0 Å². The summed E-state index contributed by atoms with van der Waals surface area (Å²) < 4.78 is 4.98. The molecule has 0 aromatic carbocycles. The molecule has 0 amide bonds. The highest BCUT2D eigenvalue weighted by atomic mass is 16.5. The van der Waals surface area contributed by atoms with Gasteiger partial charge in [-0.1, -0.05) is 6.07 Å². The third-order valence-corrected chi connectivity index (χ3v) is 2.78. The molecular weight excluding hydrogens is 228 g/mol. The molecule has 0 saturated heterocycles. The van der Waals surface area contributed by atoms with Gasteiger partial charge in [0.25, 0.3) is 0 Å². The molecule has 0 N–H and O–H groups in total. The topological polar surface area (TPSA) is 42.4 Å². The van der Waals surface area contributed by atoms with Crippen molar-refractivity contribution >= 4 is 5.97 Å². The van der Waals surface area contributed by atoms with E-state index in [9.17, 15) is 4.79 Å². The molecule has 0 radical (unpaired) electrons. The van der Waals surface area contributed by atoms with Gasteiger partial charge in [-0.25, -0.2) is 0 Å². The fourth-order valence-electron chi connectivity index (χ4n) is 1.71. The van der Waals surface area contributed by atoms with Gasteiger partial charge in [0.05, 0.1) is 13.2 Å². The minimum atomic E-state index is -0.155. The molecule has 0 bridgehead atoms. The van der Waals surface area contributed by atoms with Crippen LogP contribution >= 0.6 is 0 Å². The van der Waals surface area contributed by atoms with Crippen LogP contribution in [0.4, 0.5) is 0 Å². The minimum Gasteiger partial charge on any atom is -0.465 e. The Morgan fingerprint density at radius 2 is 2.28 bits per heavy atom. The van der Waals surface area contributed by atoms with Crippen molar-refractivity contribution < 1.29 is 9.53 Å². The van der Waals surface area contributed by atoms with Crippen molar-refractivity contribution in [2.45, 2.75) is 33.2 Å². The number of rotatable bonds is 7. The molecule has 0 aliphatic carbocycles. The number of carbonyl (C=O) groups excluding carboxylic acids is 1. The van der Waals surface area contributed by atoms with Crippen LogP contribution < -0.4 is 0 Å². The van der Waals surface area contributed by atoms with Crippen molar-refractivity contribution in [1.29, 1.82) is 0 Å². The summed E-state index contributed by atoms with van der Waals surface area (Å²) in [5.74, 6) is -0.155. The van der Waals surface area contributed by atoms with Crippen LogP contribution in [0.3, 0.4) is 0 Å². The van der Waals surface area contributed by atoms with E-state index in [1.54, 1.807) is 6.20 Å². The van der Waals surface area contributed by atoms with Crippen LogP contribution in [0.15, 0.2) is 24.5 Å². The number of pyridine rings is 1. The molecule has 4 nitrogen and oxygen atoms in total. The van der Waals surface area contributed by atoms with Crippen LogP contribution in [0.2, 0.25) is 0 Å². The highest BCUT2D eigenvalue weighted by Crippen LogP contribution is 2.03. The number of ether oxygens (including phenoxy) is 1. The number of hydrogen-bond donors (Lipinski definition) is 0. The standard InChI is InChI=1S/C14H22N2O2/c1-4-18-14(17)11-16(12(2)3)9-7-13-6-5-8-15-10-13/h5-6,8,10,12H,4,7,9,11H2,1-3H3. The lowest BCUT2D eigenvalue weighted by atomic mass is 10.2. The van der Waals surface area contributed by atoms with Gasteiger partial charge in [0.2, 0.25) is 0 Å². The van der Waals surface area contributed by atoms with Crippen molar-refractivity contribution in [2.75, 3.05) is 19.7 Å². The van der Waals surface area contributed by atoms with Gasteiger partial charge in [0, 0.05) is 25.0 Å². The molecule has 100 valence electrons. The second-order valence-electron chi connectivity index (χ2n) is 4.48. The van der Waals surface area contributed by atoms with Gasteiger partial charge in [-0.2, -0.15) is 0 Å². The fraction of sp³-hybridized carbons (Fsp3) is 0.571. The van der Waals surface area contributed by atoms with Crippen LogP contribution in [-0.4, -0.2) is 41.6 Å². The van der Waals surface area contributed by atoms with Gasteiger partial charge >= 0.3 is 5.97 Å².